The van der Waals surface area contributed by atoms with Crippen molar-refractivity contribution in [1.82, 2.24) is 15.2 Å². The van der Waals surface area contributed by atoms with Gasteiger partial charge < -0.3 is 5.32 Å². The molecule has 128 valence electrons. The van der Waals surface area contributed by atoms with Crippen LogP contribution >= 0.6 is 11.6 Å². The second-order valence-corrected chi connectivity index (χ2v) is 6.68. The van der Waals surface area contributed by atoms with Crippen molar-refractivity contribution in [3.63, 3.8) is 0 Å². The van der Waals surface area contributed by atoms with Crippen molar-refractivity contribution >= 4 is 11.6 Å². The summed E-state index contributed by atoms with van der Waals surface area (Å²) in [6, 6.07) is 11.4. The lowest BCUT2D eigenvalue weighted by molar-refractivity contribution is 0.189. The number of likely N-dealkylation sites (tertiary alicyclic amines) is 1. The fraction of sp³-hybridized carbons (Fsp3) is 0.421. The van der Waals surface area contributed by atoms with Gasteiger partial charge in [0.1, 0.15) is 5.82 Å². The molecule has 1 aromatic carbocycles. The Hall–Kier alpha value is -1.49. The minimum atomic E-state index is -0.210. The minimum Gasteiger partial charge on any atom is -0.313 e. The molecule has 2 heterocycles. The quantitative estimate of drug-likeness (QED) is 0.864. The van der Waals surface area contributed by atoms with E-state index in [1.54, 1.807) is 12.1 Å². The molecular formula is C19H23ClFN3. The molecule has 1 N–H and O–H groups in total. The van der Waals surface area contributed by atoms with Gasteiger partial charge in [0.25, 0.3) is 0 Å². The number of rotatable bonds is 6. The molecule has 0 radical (unpaired) electrons. The summed E-state index contributed by atoms with van der Waals surface area (Å²) < 4.78 is 13.9. The largest absolute Gasteiger partial charge is 0.313 e. The zero-order chi connectivity index (χ0) is 16.8. The number of nitrogens with zero attached hydrogens (tertiary/aromatic N) is 2. The van der Waals surface area contributed by atoms with Gasteiger partial charge >= 0.3 is 0 Å². The Morgan fingerprint density at radius 3 is 2.71 bits per heavy atom. The summed E-state index contributed by atoms with van der Waals surface area (Å²) in [7, 11) is 0. The monoisotopic (exact) mass is 347 g/mol. The van der Waals surface area contributed by atoms with E-state index in [4.69, 9.17) is 11.6 Å². The van der Waals surface area contributed by atoms with Crippen molar-refractivity contribution in [1.29, 1.82) is 0 Å². The molecule has 5 heteroatoms. The van der Waals surface area contributed by atoms with E-state index in [9.17, 15) is 4.39 Å². The lowest BCUT2D eigenvalue weighted by Crippen LogP contribution is -2.42. The van der Waals surface area contributed by atoms with Crippen LogP contribution in [0.15, 0.2) is 42.6 Å². The van der Waals surface area contributed by atoms with Gasteiger partial charge in [-0.05, 0) is 50.2 Å². The third-order valence-corrected chi connectivity index (χ3v) is 4.93. The van der Waals surface area contributed by atoms with E-state index < -0.39 is 0 Å². The minimum absolute atomic E-state index is 0.210. The Balaban J connectivity index is 1.41. The maximum Gasteiger partial charge on any atom is 0.129 e. The number of piperidine rings is 1. The summed E-state index contributed by atoms with van der Waals surface area (Å²) in [4.78, 5) is 6.62. The zero-order valence-electron chi connectivity index (χ0n) is 13.7. The van der Waals surface area contributed by atoms with Crippen LogP contribution in [-0.4, -0.2) is 35.6 Å². The predicted octanol–water partition coefficient (Wildman–Crippen LogP) is 3.67. The van der Waals surface area contributed by atoms with Gasteiger partial charge in [-0.1, -0.05) is 23.7 Å². The molecule has 1 fully saturated rings. The number of pyridine rings is 1. The Bertz CT molecular complexity index is 622. The third kappa shape index (κ3) is 4.76. The van der Waals surface area contributed by atoms with Gasteiger partial charge in [0.05, 0.1) is 0 Å². The first-order valence-corrected chi connectivity index (χ1v) is 8.88. The van der Waals surface area contributed by atoms with Crippen molar-refractivity contribution in [2.75, 3.05) is 19.6 Å². The molecule has 0 unspecified atom stereocenters. The van der Waals surface area contributed by atoms with Gasteiger partial charge in [0.2, 0.25) is 0 Å². The second kappa shape index (κ2) is 8.56. The van der Waals surface area contributed by atoms with Gasteiger partial charge in [0.15, 0.2) is 0 Å². The lowest BCUT2D eigenvalue weighted by atomic mass is 10.0. The number of halogens is 2. The van der Waals surface area contributed by atoms with Crippen LogP contribution in [0.5, 0.6) is 0 Å². The average Bonchev–Trinajstić information content (AvgIpc) is 2.61. The highest BCUT2D eigenvalue weighted by Gasteiger charge is 2.20. The summed E-state index contributed by atoms with van der Waals surface area (Å²) in [5.74, 6) is -0.210. The van der Waals surface area contributed by atoms with Crippen LogP contribution in [0, 0.1) is 5.82 Å². The smallest absolute Gasteiger partial charge is 0.129 e. The summed E-state index contributed by atoms with van der Waals surface area (Å²) in [5, 5.41) is 4.13. The van der Waals surface area contributed by atoms with Crippen molar-refractivity contribution in [2.45, 2.75) is 31.8 Å². The molecular weight excluding hydrogens is 325 g/mol. The fourth-order valence-corrected chi connectivity index (χ4v) is 3.38. The number of hydrogen-bond acceptors (Lipinski definition) is 3. The average molecular weight is 348 g/mol. The van der Waals surface area contributed by atoms with Crippen LogP contribution in [-0.2, 0) is 13.0 Å². The normalized spacial score (nSPS) is 16.4. The standard InChI is InChI=1S/C19H23ClFN3/c20-18-5-3-6-19(21)17(18)14-24-12-8-16(9-13-24)23-11-7-15-4-1-2-10-22-15/h1-6,10,16,23H,7-9,11-14H2. The van der Waals surface area contributed by atoms with Crippen LogP contribution in [0.1, 0.15) is 24.1 Å². The molecule has 0 aliphatic carbocycles. The van der Waals surface area contributed by atoms with E-state index in [0.29, 0.717) is 23.2 Å². The van der Waals surface area contributed by atoms with Crippen LogP contribution in [0.25, 0.3) is 0 Å². The molecule has 0 bridgehead atoms. The molecule has 2 aromatic rings. The van der Waals surface area contributed by atoms with E-state index in [2.05, 4.69) is 21.3 Å². The molecule has 0 saturated carbocycles. The molecule has 0 amide bonds. The van der Waals surface area contributed by atoms with E-state index in [0.717, 1.165) is 44.6 Å². The highest BCUT2D eigenvalue weighted by Crippen LogP contribution is 2.22. The predicted molar refractivity (Wildman–Crippen MR) is 95.7 cm³/mol. The molecule has 1 aromatic heterocycles. The van der Waals surface area contributed by atoms with Gasteiger partial charge in [-0.3, -0.25) is 9.88 Å². The Kier molecular flexibility index (Phi) is 6.18. The summed E-state index contributed by atoms with van der Waals surface area (Å²) in [5.41, 5.74) is 1.73. The Morgan fingerprint density at radius 2 is 2.00 bits per heavy atom. The van der Waals surface area contributed by atoms with E-state index >= 15 is 0 Å². The first-order chi connectivity index (χ1) is 11.7. The molecule has 1 aliphatic heterocycles. The fourth-order valence-electron chi connectivity index (χ4n) is 3.15. The molecule has 0 spiro atoms. The first kappa shape index (κ1) is 17.3. The number of aromatic nitrogens is 1. The van der Waals surface area contributed by atoms with Crippen molar-refractivity contribution in [3.8, 4) is 0 Å². The SMILES string of the molecule is Fc1cccc(Cl)c1CN1CCC(NCCc2ccccn2)CC1. The van der Waals surface area contributed by atoms with Gasteiger partial charge in [-0.25, -0.2) is 4.39 Å². The van der Waals surface area contributed by atoms with Crippen LogP contribution in [0.3, 0.4) is 0 Å². The van der Waals surface area contributed by atoms with Gasteiger partial charge in [-0.2, -0.15) is 0 Å². The van der Waals surface area contributed by atoms with E-state index in [1.165, 1.54) is 6.07 Å². The summed E-state index contributed by atoms with van der Waals surface area (Å²) >= 11 is 6.12. The van der Waals surface area contributed by atoms with E-state index in [1.807, 2.05) is 18.3 Å². The Morgan fingerprint density at radius 1 is 1.17 bits per heavy atom. The Labute approximate surface area is 147 Å². The van der Waals surface area contributed by atoms with Crippen molar-refractivity contribution in [3.05, 3.63) is 64.7 Å². The molecule has 1 aliphatic rings. The first-order valence-electron chi connectivity index (χ1n) is 8.51. The van der Waals surface area contributed by atoms with Crippen LogP contribution < -0.4 is 5.32 Å². The molecule has 3 rings (SSSR count). The van der Waals surface area contributed by atoms with Crippen molar-refractivity contribution in [2.24, 2.45) is 0 Å². The zero-order valence-corrected chi connectivity index (χ0v) is 14.5. The number of benzene rings is 1. The highest BCUT2D eigenvalue weighted by atomic mass is 35.5. The van der Waals surface area contributed by atoms with Crippen LogP contribution in [0.2, 0.25) is 5.02 Å². The van der Waals surface area contributed by atoms with Crippen molar-refractivity contribution < 1.29 is 4.39 Å². The highest BCUT2D eigenvalue weighted by molar-refractivity contribution is 6.31. The number of hydrogen-bond donors (Lipinski definition) is 1. The maximum atomic E-state index is 13.9. The number of nitrogens with one attached hydrogen (secondary N) is 1. The second-order valence-electron chi connectivity index (χ2n) is 6.28. The maximum absolute atomic E-state index is 13.9. The van der Waals surface area contributed by atoms with E-state index in [-0.39, 0.29) is 5.82 Å². The lowest BCUT2D eigenvalue weighted by Gasteiger charge is -2.32. The topological polar surface area (TPSA) is 28.2 Å². The molecule has 1 saturated heterocycles. The third-order valence-electron chi connectivity index (χ3n) is 4.57. The molecule has 3 nitrogen and oxygen atoms in total. The van der Waals surface area contributed by atoms with Gasteiger partial charge in [-0.15, -0.1) is 0 Å². The van der Waals surface area contributed by atoms with Gasteiger partial charge in [0, 0.05) is 48.0 Å². The molecule has 0 atom stereocenters. The summed E-state index contributed by atoms with van der Waals surface area (Å²) in [6.45, 7) is 3.46. The molecule has 24 heavy (non-hydrogen) atoms. The van der Waals surface area contributed by atoms with Crippen LogP contribution in [0.4, 0.5) is 4.39 Å². The summed E-state index contributed by atoms with van der Waals surface area (Å²) in [6.07, 6.45) is 4.94.